The number of halogens is 7. The Hall–Kier alpha value is -1.44. The van der Waals surface area contributed by atoms with Gasteiger partial charge in [0.15, 0.2) is 0 Å². The van der Waals surface area contributed by atoms with Gasteiger partial charge in [0.05, 0.1) is 17.7 Å². The van der Waals surface area contributed by atoms with Crippen LogP contribution in [0.1, 0.15) is 67.2 Å². The zero-order valence-electron chi connectivity index (χ0n) is 15.2. The maximum atomic E-state index is 13.7. The molecule has 1 fully saturated rings. The highest BCUT2D eigenvalue weighted by molar-refractivity contribution is 6.30. The summed E-state index contributed by atoms with van der Waals surface area (Å²) in [5.41, 5.74) is -3.58. The molecule has 0 bridgehead atoms. The molecule has 1 saturated carbocycles. The molecule has 0 spiro atoms. The average molecular weight is 431 g/mol. The predicted octanol–water partition coefficient (Wildman–Crippen LogP) is 6.48. The molecular weight excluding hydrogens is 410 g/mol. The lowest BCUT2D eigenvalue weighted by atomic mass is 9.78. The largest absolute Gasteiger partial charge is 0.465 e. The Morgan fingerprint density at radius 2 is 1.57 bits per heavy atom. The molecule has 0 amide bonds. The molecular formula is C19H21ClF6O2. The van der Waals surface area contributed by atoms with Crippen LogP contribution in [-0.2, 0) is 28.3 Å². The lowest BCUT2D eigenvalue weighted by Crippen LogP contribution is -2.23. The van der Waals surface area contributed by atoms with Crippen molar-refractivity contribution in [3.63, 3.8) is 0 Å². The summed E-state index contributed by atoms with van der Waals surface area (Å²) in [6, 6.07) is 1.38. The Kier molecular flexibility index (Phi) is 7.28. The lowest BCUT2D eigenvalue weighted by molar-refractivity contribution is -0.145. The molecule has 2 rings (SSSR count). The maximum Gasteiger partial charge on any atom is 0.416 e. The quantitative estimate of drug-likeness (QED) is 0.303. The van der Waals surface area contributed by atoms with Crippen LogP contribution in [0.25, 0.3) is 0 Å². The molecule has 1 aliphatic rings. The highest BCUT2D eigenvalue weighted by Gasteiger charge is 2.43. The van der Waals surface area contributed by atoms with E-state index in [-0.39, 0.29) is 25.0 Å². The highest BCUT2D eigenvalue weighted by Crippen LogP contribution is 2.47. The molecule has 158 valence electrons. The third-order valence-corrected chi connectivity index (χ3v) is 5.15. The number of rotatable bonds is 5. The van der Waals surface area contributed by atoms with Crippen LogP contribution in [0.5, 0.6) is 0 Å². The first-order valence-electron chi connectivity index (χ1n) is 9.07. The Bertz CT molecular complexity index is 658. The van der Waals surface area contributed by atoms with E-state index in [4.69, 9.17) is 11.6 Å². The van der Waals surface area contributed by atoms with E-state index < -0.39 is 52.7 Å². The van der Waals surface area contributed by atoms with Crippen molar-refractivity contribution in [1.29, 1.82) is 0 Å². The molecule has 2 nitrogen and oxygen atoms in total. The second-order valence-electron chi connectivity index (χ2n) is 6.86. The summed E-state index contributed by atoms with van der Waals surface area (Å²) in [5.74, 6) is -1.68. The molecule has 9 heteroatoms. The van der Waals surface area contributed by atoms with Gasteiger partial charge in [0.2, 0.25) is 0 Å². The van der Waals surface area contributed by atoms with E-state index >= 15 is 0 Å². The smallest absolute Gasteiger partial charge is 0.416 e. The highest BCUT2D eigenvalue weighted by atomic mass is 35.5. The molecule has 1 aromatic carbocycles. The van der Waals surface area contributed by atoms with Gasteiger partial charge in [-0.25, -0.2) is 0 Å². The first kappa shape index (κ1) is 22.8. The molecule has 0 aliphatic heterocycles. The molecule has 1 atom stereocenters. The zero-order valence-corrected chi connectivity index (χ0v) is 16.0. The second-order valence-corrected chi connectivity index (χ2v) is 7.39. The van der Waals surface area contributed by atoms with Crippen LogP contribution < -0.4 is 0 Å². The van der Waals surface area contributed by atoms with E-state index in [2.05, 4.69) is 4.74 Å². The van der Waals surface area contributed by atoms with Crippen molar-refractivity contribution in [2.24, 2.45) is 0 Å². The summed E-state index contributed by atoms with van der Waals surface area (Å²) in [4.78, 5) is 11.6. The second kappa shape index (κ2) is 8.93. The minimum Gasteiger partial charge on any atom is -0.465 e. The molecule has 1 aromatic rings. The van der Waals surface area contributed by atoms with Gasteiger partial charge in [0.25, 0.3) is 0 Å². The van der Waals surface area contributed by atoms with Gasteiger partial charge in [-0.2, -0.15) is 26.3 Å². The Morgan fingerprint density at radius 1 is 1.07 bits per heavy atom. The van der Waals surface area contributed by atoms with Crippen LogP contribution in [-0.4, -0.2) is 18.0 Å². The minimum atomic E-state index is -4.95. The van der Waals surface area contributed by atoms with Crippen molar-refractivity contribution in [2.45, 2.75) is 69.1 Å². The average Bonchev–Trinajstić information content (AvgIpc) is 2.60. The van der Waals surface area contributed by atoms with Gasteiger partial charge >= 0.3 is 18.3 Å². The van der Waals surface area contributed by atoms with E-state index in [9.17, 15) is 31.1 Å². The minimum absolute atomic E-state index is 0.00424. The van der Waals surface area contributed by atoms with Crippen LogP contribution in [0.3, 0.4) is 0 Å². The summed E-state index contributed by atoms with van der Waals surface area (Å²) in [6.07, 6.45) is -7.84. The van der Waals surface area contributed by atoms with E-state index in [0.29, 0.717) is 25.0 Å². The molecule has 0 radical (unpaired) electrons. The van der Waals surface area contributed by atoms with Crippen LogP contribution >= 0.6 is 11.6 Å². The number of hydrogen-bond acceptors (Lipinski definition) is 2. The van der Waals surface area contributed by atoms with Crippen molar-refractivity contribution in [3.8, 4) is 0 Å². The Balaban J connectivity index is 2.56. The molecule has 28 heavy (non-hydrogen) atoms. The third-order valence-electron chi connectivity index (χ3n) is 4.82. The van der Waals surface area contributed by atoms with Crippen molar-refractivity contribution in [1.82, 2.24) is 0 Å². The third kappa shape index (κ3) is 5.55. The van der Waals surface area contributed by atoms with Crippen LogP contribution in [0.4, 0.5) is 26.3 Å². The topological polar surface area (TPSA) is 26.3 Å². The number of alkyl halides is 7. The number of esters is 1. The van der Waals surface area contributed by atoms with E-state index in [1.807, 2.05) is 0 Å². The van der Waals surface area contributed by atoms with Gasteiger partial charge in [-0.05, 0) is 55.4 Å². The first-order chi connectivity index (χ1) is 12.9. The monoisotopic (exact) mass is 430 g/mol. The normalized spacial score (nSPS) is 17.4. The Morgan fingerprint density at radius 3 is 2.00 bits per heavy atom. The number of hydrogen-bond donors (Lipinski definition) is 0. The van der Waals surface area contributed by atoms with Gasteiger partial charge in [-0.15, -0.1) is 11.6 Å². The van der Waals surface area contributed by atoms with Crippen LogP contribution in [0.15, 0.2) is 12.1 Å². The molecule has 1 aliphatic carbocycles. The van der Waals surface area contributed by atoms with E-state index in [1.165, 1.54) is 6.92 Å². The molecule has 0 N–H and O–H groups in total. The molecule has 0 heterocycles. The number of carbonyl (C=O) groups excluding carboxylic acids is 1. The molecule has 1 unspecified atom stereocenters. The van der Waals surface area contributed by atoms with Crippen LogP contribution in [0, 0.1) is 0 Å². The number of benzene rings is 1. The SMILES string of the molecule is CCOC(=O)C(Cl)Cc1cc(C(F)(F)F)c(C2CCCCC2)c(C(F)(F)F)c1. The standard InChI is InChI=1S/C19H21ClF6O2/c1-2-28-17(27)15(20)10-11-8-13(18(21,22)23)16(12-6-4-3-5-7-12)14(9-11)19(24,25)26/h8-9,12,15H,2-7,10H2,1H3. The van der Waals surface area contributed by atoms with Crippen molar-refractivity contribution in [2.75, 3.05) is 6.61 Å². The number of ether oxygens (including phenoxy) is 1. The summed E-state index contributed by atoms with van der Waals surface area (Å²) in [6.45, 7) is 1.52. The van der Waals surface area contributed by atoms with Crippen molar-refractivity contribution >= 4 is 17.6 Å². The van der Waals surface area contributed by atoms with Gasteiger partial charge in [-0.3, -0.25) is 4.79 Å². The molecule has 0 aromatic heterocycles. The fourth-order valence-corrected chi connectivity index (χ4v) is 3.90. The fourth-order valence-electron chi connectivity index (χ4n) is 3.65. The summed E-state index contributed by atoms with van der Waals surface area (Å²) in [5, 5.41) is -1.37. The van der Waals surface area contributed by atoms with Crippen molar-refractivity contribution in [3.05, 3.63) is 34.4 Å². The molecule has 0 saturated heterocycles. The summed E-state index contributed by atoms with van der Waals surface area (Å²) < 4.78 is 86.7. The number of carbonyl (C=O) groups is 1. The summed E-state index contributed by atoms with van der Waals surface area (Å²) in [7, 11) is 0. The predicted molar refractivity (Wildman–Crippen MR) is 92.3 cm³/mol. The van der Waals surface area contributed by atoms with E-state index in [1.54, 1.807) is 0 Å². The lowest BCUT2D eigenvalue weighted by Gasteiger charge is -2.29. The summed E-state index contributed by atoms with van der Waals surface area (Å²) >= 11 is 5.83. The van der Waals surface area contributed by atoms with E-state index in [0.717, 1.165) is 6.42 Å². The van der Waals surface area contributed by atoms with Gasteiger partial charge in [-0.1, -0.05) is 19.3 Å². The van der Waals surface area contributed by atoms with Gasteiger partial charge in [0.1, 0.15) is 5.38 Å². The first-order valence-corrected chi connectivity index (χ1v) is 9.50. The zero-order chi connectivity index (χ0) is 21.1. The Labute approximate surface area is 164 Å². The van der Waals surface area contributed by atoms with Crippen molar-refractivity contribution < 1.29 is 35.9 Å². The maximum absolute atomic E-state index is 13.7. The van der Waals surface area contributed by atoms with Gasteiger partial charge < -0.3 is 4.74 Å². The van der Waals surface area contributed by atoms with Gasteiger partial charge in [0, 0.05) is 0 Å². The fraction of sp³-hybridized carbons (Fsp3) is 0.632. The van der Waals surface area contributed by atoms with Crippen LogP contribution in [0.2, 0.25) is 0 Å².